The highest BCUT2D eigenvalue weighted by molar-refractivity contribution is 7.89. The third-order valence-electron chi connectivity index (χ3n) is 6.83. The van der Waals surface area contributed by atoms with Crippen molar-refractivity contribution in [3.05, 3.63) is 71.8 Å². The average Bonchev–Trinajstić information content (AvgIpc) is 3.23. The van der Waals surface area contributed by atoms with Gasteiger partial charge in [-0.25, -0.2) is 13.6 Å². The highest BCUT2D eigenvalue weighted by Gasteiger charge is 2.46. The molecule has 3 atom stereocenters. The van der Waals surface area contributed by atoms with Crippen LogP contribution in [0.1, 0.15) is 43.2 Å². The van der Waals surface area contributed by atoms with Crippen molar-refractivity contribution in [1.29, 1.82) is 0 Å². The number of amides is 2. The second-order valence-corrected chi connectivity index (χ2v) is 10.6. The zero-order chi connectivity index (χ0) is 24.1. The molecule has 4 rings (SSSR count). The first-order chi connectivity index (χ1) is 16.3. The van der Waals surface area contributed by atoms with Crippen molar-refractivity contribution in [3.8, 4) is 0 Å². The third kappa shape index (κ3) is 5.74. The van der Waals surface area contributed by atoms with Gasteiger partial charge in [-0.3, -0.25) is 9.59 Å². The summed E-state index contributed by atoms with van der Waals surface area (Å²) in [5, 5.41) is 8.12. The van der Waals surface area contributed by atoms with E-state index in [1.807, 2.05) is 30.3 Å². The maximum absolute atomic E-state index is 13.2. The summed E-state index contributed by atoms with van der Waals surface area (Å²) in [5.74, 6) is 0.123. The van der Waals surface area contributed by atoms with Crippen LogP contribution in [0.15, 0.2) is 65.6 Å². The Morgan fingerprint density at radius 1 is 1.03 bits per heavy atom. The van der Waals surface area contributed by atoms with Gasteiger partial charge in [-0.1, -0.05) is 55.3 Å². The maximum Gasteiger partial charge on any atom is 0.247 e. The molecule has 0 aromatic heterocycles. The van der Waals surface area contributed by atoms with Gasteiger partial charge in [-0.2, -0.15) is 0 Å². The Bertz CT molecular complexity index is 1150. The average molecular weight is 482 g/mol. The van der Waals surface area contributed by atoms with Gasteiger partial charge in [-0.05, 0) is 60.9 Å². The van der Waals surface area contributed by atoms with Gasteiger partial charge in [0.25, 0.3) is 0 Å². The number of hydrogen-bond donors (Lipinski definition) is 2. The van der Waals surface area contributed by atoms with Gasteiger partial charge in [-0.15, -0.1) is 0 Å². The van der Waals surface area contributed by atoms with Gasteiger partial charge in [0, 0.05) is 18.7 Å². The zero-order valence-corrected chi connectivity index (χ0v) is 19.9. The number of primary sulfonamides is 1. The Hall–Kier alpha value is -2.97. The van der Waals surface area contributed by atoms with Crippen molar-refractivity contribution in [3.63, 3.8) is 0 Å². The molecule has 1 saturated heterocycles. The topological polar surface area (TPSA) is 110 Å². The van der Waals surface area contributed by atoms with Crippen LogP contribution >= 0.6 is 0 Å². The number of fused-ring (bicyclic) bond motifs is 1. The summed E-state index contributed by atoms with van der Waals surface area (Å²) >= 11 is 0. The summed E-state index contributed by atoms with van der Waals surface area (Å²) in [6.07, 6.45) is 8.86. The summed E-state index contributed by atoms with van der Waals surface area (Å²) in [6, 6.07) is 15.6. The highest BCUT2D eigenvalue weighted by Crippen LogP contribution is 2.40. The number of sulfonamides is 1. The van der Waals surface area contributed by atoms with Crippen molar-refractivity contribution in [2.45, 2.75) is 55.5 Å². The van der Waals surface area contributed by atoms with E-state index in [1.54, 1.807) is 29.2 Å². The fourth-order valence-corrected chi connectivity index (χ4v) is 5.64. The van der Waals surface area contributed by atoms with Crippen LogP contribution in [0.2, 0.25) is 0 Å². The second kappa shape index (κ2) is 10.5. The summed E-state index contributed by atoms with van der Waals surface area (Å²) < 4.78 is 22.8. The molecule has 2 aliphatic rings. The summed E-state index contributed by atoms with van der Waals surface area (Å²) in [6.45, 7) is 0.404. The standard InChI is InChI=1S/C26H31N3O4S/c27-34(32,33)22-13-10-20(11-14-22)16-17-28-26(31)24-18-21-8-4-5-9-23(21)29(24)25(30)15-12-19-6-2-1-3-7-19/h1-3,6-7,10-15,21,23-24H,4-5,8-9,16-18H2,(H,28,31)(H2,27,32,33)/b15-12+. The molecule has 0 bridgehead atoms. The van der Waals surface area contributed by atoms with Gasteiger partial charge >= 0.3 is 0 Å². The lowest BCUT2D eigenvalue weighted by molar-refractivity contribution is -0.137. The predicted octanol–water partition coefficient (Wildman–Crippen LogP) is 2.87. The molecule has 2 aromatic rings. The third-order valence-corrected chi connectivity index (χ3v) is 7.76. The molecule has 1 heterocycles. The van der Waals surface area contributed by atoms with E-state index in [9.17, 15) is 18.0 Å². The quantitative estimate of drug-likeness (QED) is 0.593. The Balaban J connectivity index is 1.40. The number of benzene rings is 2. The lowest BCUT2D eigenvalue weighted by Crippen LogP contribution is -2.49. The van der Waals surface area contributed by atoms with Crippen molar-refractivity contribution < 1.29 is 18.0 Å². The summed E-state index contributed by atoms with van der Waals surface area (Å²) in [5.41, 5.74) is 1.84. The van der Waals surface area contributed by atoms with E-state index in [0.717, 1.165) is 36.8 Å². The molecule has 0 spiro atoms. The fourth-order valence-electron chi connectivity index (χ4n) is 5.12. The molecule has 1 aliphatic carbocycles. The van der Waals surface area contributed by atoms with Crippen molar-refractivity contribution >= 4 is 27.9 Å². The van der Waals surface area contributed by atoms with Crippen LogP contribution in [0.3, 0.4) is 0 Å². The maximum atomic E-state index is 13.2. The van der Waals surface area contributed by atoms with Gasteiger partial charge in [0.15, 0.2) is 0 Å². The molecule has 3 N–H and O–H groups in total. The van der Waals surface area contributed by atoms with E-state index >= 15 is 0 Å². The number of carbonyl (C=O) groups is 2. The van der Waals surface area contributed by atoms with Crippen molar-refractivity contribution in [2.75, 3.05) is 6.54 Å². The number of nitrogens with one attached hydrogen (secondary N) is 1. The summed E-state index contributed by atoms with van der Waals surface area (Å²) in [4.78, 5) is 28.2. The van der Waals surface area contributed by atoms with Gasteiger partial charge in [0.1, 0.15) is 6.04 Å². The number of nitrogens with two attached hydrogens (primary N) is 1. The number of likely N-dealkylation sites (tertiary alicyclic amines) is 1. The van der Waals surface area contributed by atoms with Crippen LogP contribution in [0.25, 0.3) is 6.08 Å². The van der Waals surface area contributed by atoms with Crippen LogP contribution in [-0.4, -0.2) is 43.8 Å². The van der Waals surface area contributed by atoms with Crippen LogP contribution in [0, 0.1) is 5.92 Å². The molecule has 2 aromatic carbocycles. The number of hydrogen-bond acceptors (Lipinski definition) is 4. The highest BCUT2D eigenvalue weighted by atomic mass is 32.2. The van der Waals surface area contributed by atoms with E-state index in [0.29, 0.717) is 25.3 Å². The Labute approximate surface area is 201 Å². The first-order valence-corrected chi connectivity index (χ1v) is 13.3. The lowest BCUT2D eigenvalue weighted by atomic mass is 9.84. The Kier molecular flexibility index (Phi) is 7.48. The molecule has 0 radical (unpaired) electrons. The minimum absolute atomic E-state index is 0.0616. The SMILES string of the molecule is NS(=O)(=O)c1ccc(CCNC(=O)C2CC3CCCCC3N2C(=O)/C=C/c2ccccc2)cc1. The second-order valence-electron chi connectivity index (χ2n) is 9.08. The largest absolute Gasteiger partial charge is 0.354 e. The van der Waals surface area contributed by atoms with Gasteiger partial charge in [0.05, 0.1) is 4.90 Å². The molecule has 1 saturated carbocycles. The van der Waals surface area contributed by atoms with Crippen molar-refractivity contribution in [1.82, 2.24) is 10.2 Å². The lowest BCUT2D eigenvalue weighted by Gasteiger charge is -2.33. The molecule has 180 valence electrons. The normalized spacial score (nSPS) is 22.5. The zero-order valence-electron chi connectivity index (χ0n) is 19.1. The minimum atomic E-state index is -3.72. The number of rotatable bonds is 7. The first-order valence-electron chi connectivity index (χ1n) is 11.8. The van der Waals surface area contributed by atoms with Crippen LogP contribution < -0.4 is 10.5 Å². The Morgan fingerprint density at radius 2 is 1.74 bits per heavy atom. The molecule has 1 aliphatic heterocycles. The molecule has 7 nitrogen and oxygen atoms in total. The van der Waals surface area contributed by atoms with E-state index in [4.69, 9.17) is 5.14 Å². The van der Waals surface area contributed by atoms with Gasteiger partial charge < -0.3 is 10.2 Å². The minimum Gasteiger partial charge on any atom is -0.354 e. The van der Waals surface area contributed by atoms with Crippen LogP contribution in [0.5, 0.6) is 0 Å². The Morgan fingerprint density at radius 3 is 2.44 bits per heavy atom. The van der Waals surface area contributed by atoms with Crippen LogP contribution in [-0.2, 0) is 26.0 Å². The van der Waals surface area contributed by atoms with Gasteiger partial charge in [0.2, 0.25) is 21.8 Å². The molecule has 8 heteroatoms. The monoisotopic (exact) mass is 481 g/mol. The number of carbonyl (C=O) groups excluding carboxylic acids is 2. The molecule has 3 unspecified atom stereocenters. The first kappa shape index (κ1) is 24.2. The molecular weight excluding hydrogens is 450 g/mol. The van der Waals surface area contributed by atoms with Crippen LogP contribution in [0.4, 0.5) is 0 Å². The molecule has 2 amide bonds. The van der Waals surface area contributed by atoms with E-state index in [1.165, 1.54) is 12.1 Å². The number of nitrogens with zero attached hydrogens (tertiary/aromatic N) is 1. The summed E-state index contributed by atoms with van der Waals surface area (Å²) in [7, 11) is -3.72. The van der Waals surface area contributed by atoms with E-state index in [-0.39, 0.29) is 22.8 Å². The van der Waals surface area contributed by atoms with E-state index in [2.05, 4.69) is 5.32 Å². The molecular formula is C26H31N3O4S. The smallest absolute Gasteiger partial charge is 0.247 e. The fraction of sp³-hybridized carbons (Fsp3) is 0.385. The molecule has 2 fully saturated rings. The van der Waals surface area contributed by atoms with E-state index < -0.39 is 16.1 Å². The van der Waals surface area contributed by atoms with Crippen molar-refractivity contribution in [2.24, 2.45) is 11.1 Å². The molecule has 34 heavy (non-hydrogen) atoms. The predicted molar refractivity (Wildman–Crippen MR) is 131 cm³/mol.